The highest BCUT2D eigenvalue weighted by atomic mass is 17.0. The summed E-state index contributed by atoms with van der Waals surface area (Å²) in [6.45, 7) is 16.2. The molecule has 3 fully saturated rings. The molecule has 5 atom stereocenters. The van der Waals surface area contributed by atoms with Crippen LogP contribution in [0, 0.1) is 33.8 Å². The molecule has 2 saturated heterocycles. The summed E-state index contributed by atoms with van der Waals surface area (Å²) >= 11 is 0. The Morgan fingerprint density at radius 2 is 2.00 bits per heavy atom. The zero-order valence-corrected chi connectivity index (χ0v) is 16.2. The van der Waals surface area contributed by atoms with Crippen LogP contribution in [0.1, 0.15) is 60.3 Å². The van der Waals surface area contributed by atoms with Crippen molar-refractivity contribution in [1.29, 1.82) is 0 Å². The van der Waals surface area contributed by atoms with Crippen LogP contribution in [-0.4, -0.2) is 29.7 Å². The van der Waals surface area contributed by atoms with Gasteiger partial charge in [0.25, 0.3) is 5.09 Å². The van der Waals surface area contributed by atoms with Crippen molar-refractivity contribution in [3.8, 4) is 0 Å². The molecule has 1 spiro atoms. The van der Waals surface area contributed by atoms with Gasteiger partial charge in [-0.1, -0.05) is 32.9 Å². The second kappa shape index (κ2) is 7.62. The minimum Gasteiger partial charge on any atom is -0.382 e. The number of ether oxygens (including phenoxy) is 2. The van der Waals surface area contributed by atoms with E-state index in [9.17, 15) is 10.1 Å². The molecular weight excluding hydrogens is 322 g/mol. The van der Waals surface area contributed by atoms with Crippen molar-refractivity contribution in [2.75, 3.05) is 13.2 Å². The first-order valence-corrected chi connectivity index (χ1v) is 9.51. The van der Waals surface area contributed by atoms with Crippen molar-refractivity contribution >= 4 is 0 Å². The van der Waals surface area contributed by atoms with Crippen LogP contribution in [0.5, 0.6) is 0 Å². The van der Waals surface area contributed by atoms with E-state index in [1.54, 1.807) is 0 Å². The average Bonchev–Trinajstić information content (AvgIpc) is 2.97. The molecule has 3 aliphatic rings. The van der Waals surface area contributed by atoms with E-state index in [-0.39, 0.29) is 17.4 Å². The third-order valence-corrected chi connectivity index (χ3v) is 6.19. The topological polar surface area (TPSA) is 70.8 Å². The summed E-state index contributed by atoms with van der Waals surface area (Å²) < 4.78 is 11.2. The summed E-state index contributed by atoms with van der Waals surface area (Å²) in [5.74, 6) is -0.0271. The van der Waals surface area contributed by atoms with E-state index < -0.39 is 10.9 Å². The molecule has 2 bridgehead atoms. The van der Waals surface area contributed by atoms with E-state index in [0.29, 0.717) is 18.3 Å². The second-order valence-electron chi connectivity index (χ2n) is 7.89. The monoisotopic (exact) mass is 355 g/mol. The molecule has 6 heteroatoms. The van der Waals surface area contributed by atoms with Gasteiger partial charge in [-0.2, -0.15) is 0 Å². The van der Waals surface area contributed by atoms with Crippen LogP contribution in [0.25, 0.3) is 0 Å². The lowest BCUT2D eigenvalue weighted by Crippen LogP contribution is -2.51. The van der Waals surface area contributed by atoms with Crippen LogP contribution >= 0.6 is 0 Å². The van der Waals surface area contributed by atoms with Gasteiger partial charge in [0.05, 0.1) is 5.60 Å². The maximum Gasteiger partial charge on any atom is 0.297 e. The zero-order chi connectivity index (χ0) is 18.8. The summed E-state index contributed by atoms with van der Waals surface area (Å²) in [6, 6.07) is 0. The summed E-state index contributed by atoms with van der Waals surface area (Å²) in [5, 5.41) is 10.3. The number of rotatable bonds is 5. The lowest BCUT2D eigenvalue weighted by Gasteiger charge is -2.44. The Kier molecular flexibility index (Phi) is 6.15. The van der Waals surface area contributed by atoms with Crippen molar-refractivity contribution in [1.82, 2.24) is 0 Å². The first-order valence-electron chi connectivity index (χ1n) is 9.51. The number of hydrogen-bond donors (Lipinski definition) is 0. The zero-order valence-electron chi connectivity index (χ0n) is 16.2. The molecule has 144 valence electrons. The Morgan fingerprint density at radius 3 is 2.48 bits per heavy atom. The molecule has 0 amide bonds. The summed E-state index contributed by atoms with van der Waals surface area (Å²) in [5.41, 5.74) is 0.783. The van der Waals surface area contributed by atoms with Gasteiger partial charge >= 0.3 is 0 Å². The summed E-state index contributed by atoms with van der Waals surface area (Å²) in [7, 11) is 0. The fourth-order valence-corrected chi connectivity index (χ4v) is 5.05. The number of nitrogens with zero attached hydrogens (tertiary/aromatic N) is 1. The first kappa shape index (κ1) is 20.2. The van der Waals surface area contributed by atoms with Crippen LogP contribution in [0.15, 0.2) is 12.2 Å². The fraction of sp³-hybridized carbons (Fsp3) is 0.895. The summed E-state index contributed by atoms with van der Waals surface area (Å²) in [6.07, 6.45) is 3.49. The van der Waals surface area contributed by atoms with Crippen molar-refractivity contribution < 1.29 is 19.4 Å². The van der Waals surface area contributed by atoms with Gasteiger partial charge in [0.1, 0.15) is 0 Å². The van der Waals surface area contributed by atoms with Crippen LogP contribution in [0.3, 0.4) is 0 Å². The minimum absolute atomic E-state index is 0.0511. The largest absolute Gasteiger partial charge is 0.382 e. The van der Waals surface area contributed by atoms with Crippen LogP contribution in [0.2, 0.25) is 0 Å². The molecule has 1 aliphatic carbocycles. The maximum atomic E-state index is 11.0. The lowest BCUT2D eigenvalue weighted by molar-refractivity contribution is -0.800. The fourth-order valence-electron chi connectivity index (χ4n) is 5.05. The number of fused-ring (bicyclic) bond motifs is 1. The molecule has 0 radical (unpaired) electrons. The van der Waals surface area contributed by atoms with Gasteiger partial charge in [0.2, 0.25) is 5.79 Å². The summed E-state index contributed by atoms with van der Waals surface area (Å²) in [4.78, 5) is 16.1. The van der Waals surface area contributed by atoms with Crippen LogP contribution in [0.4, 0.5) is 0 Å². The van der Waals surface area contributed by atoms with Gasteiger partial charge < -0.3 is 9.47 Å². The molecule has 0 unspecified atom stereocenters. The predicted molar refractivity (Wildman–Crippen MR) is 95.4 cm³/mol. The van der Waals surface area contributed by atoms with Gasteiger partial charge in [-0.05, 0) is 44.9 Å². The van der Waals surface area contributed by atoms with Gasteiger partial charge in [0, 0.05) is 31.5 Å². The Morgan fingerprint density at radius 1 is 1.36 bits per heavy atom. The molecule has 3 rings (SSSR count). The highest BCUT2D eigenvalue weighted by Gasteiger charge is 2.68. The lowest BCUT2D eigenvalue weighted by atomic mass is 9.77. The third-order valence-electron chi connectivity index (χ3n) is 6.19. The molecule has 2 aliphatic heterocycles. The second-order valence-corrected chi connectivity index (χ2v) is 7.89. The van der Waals surface area contributed by atoms with Gasteiger partial charge in [-0.3, -0.25) is 4.84 Å². The molecule has 1 saturated carbocycles. The Bertz CT molecular complexity index is 506. The van der Waals surface area contributed by atoms with E-state index in [2.05, 4.69) is 27.4 Å². The molecule has 2 heterocycles. The molecule has 6 nitrogen and oxygen atoms in total. The number of hydrogen-bond acceptors (Lipinski definition) is 5. The van der Waals surface area contributed by atoms with Crippen molar-refractivity contribution in [3.05, 3.63) is 22.3 Å². The SMILES string of the molecule is C=C1C[C@]2(O[N+](=O)[O-])O[C@@]3(C[C@H]2C(C)C)[C@@H](C)CC[C@@H]13.CCOCC. The van der Waals surface area contributed by atoms with E-state index >= 15 is 0 Å². The normalized spacial score (nSPS) is 39.0. The Labute approximate surface area is 151 Å². The van der Waals surface area contributed by atoms with E-state index in [1.165, 1.54) is 0 Å². The molecule has 0 aromatic rings. The molecular formula is C19H33NO5. The van der Waals surface area contributed by atoms with Crippen LogP contribution < -0.4 is 0 Å². The molecule has 0 aromatic heterocycles. The van der Waals surface area contributed by atoms with Crippen LogP contribution in [-0.2, 0) is 14.3 Å². The van der Waals surface area contributed by atoms with Crippen molar-refractivity contribution in [2.24, 2.45) is 23.7 Å². The predicted octanol–water partition coefficient (Wildman–Crippen LogP) is 4.37. The standard InChI is InChI=1S/C15H23NO4.C4H10O/c1-9(2)13-8-14-11(4)5-6-12(14)10(3)7-15(13,19-14)20-16(17)18;1-3-5-4-2/h9,11-13H,3,5-8H2,1-2,4H3;3-4H2,1-2H3/t11-,12-,13-,14-,15+;/m0./s1. The smallest absolute Gasteiger partial charge is 0.297 e. The van der Waals surface area contributed by atoms with E-state index in [0.717, 1.165) is 38.0 Å². The van der Waals surface area contributed by atoms with E-state index in [4.69, 9.17) is 14.3 Å². The average molecular weight is 355 g/mol. The molecule has 25 heavy (non-hydrogen) atoms. The van der Waals surface area contributed by atoms with Gasteiger partial charge in [-0.25, -0.2) is 0 Å². The van der Waals surface area contributed by atoms with Gasteiger partial charge in [0.15, 0.2) is 0 Å². The third kappa shape index (κ3) is 3.56. The Balaban J connectivity index is 0.000000399. The Hall–Kier alpha value is -1.14. The quantitative estimate of drug-likeness (QED) is 0.416. The molecule has 0 aromatic carbocycles. The minimum atomic E-state index is -1.11. The van der Waals surface area contributed by atoms with Gasteiger partial charge in [-0.15, -0.1) is 10.1 Å². The maximum absolute atomic E-state index is 11.0. The highest BCUT2D eigenvalue weighted by Crippen LogP contribution is 2.64. The van der Waals surface area contributed by atoms with E-state index in [1.807, 2.05) is 13.8 Å². The molecule has 0 N–H and O–H groups in total. The van der Waals surface area contributed by atoms with Crippen molar-refractivity contribution in [3.63, 3.8) is 0 Å². The van der Waals surface area contributed by atoms with Crippen molar-refractivity contribution in [2.45, 2.75) is 71.7 Å². The highest BCUT2D eigenvalue weighted by molar-refractivity contribution is 5.24. The first-order chi connectivity index (χ1) is 11.7.